The first kappa shape index (κ1) is 14.5. The summed E-state index contributed by atoms with van der Waals surface area (Å²) in [6, 6.07) is 4.36. The second-order valence-electron chi connectivity index (χ2n) is 3.68. The van der Waals surface area contributed by atoms with Crippen molar-refractivity contribution in [2.75, 3.05) is 0 Å². The molecule has 0 radical (unpaired) electrons. The predicted octanol–water partition coefficient (Wildman–Crippen LogP) is 1.64. The third-order valence-corrected chi connectivity index (χ3v) is 3.59. The number of aliphatic carboxylic acids is 1. The molecule has 18 heavy (non-hydrogen) atoms. The maximum absolute atomic E-state index is 11.3. The van der Waals surface area contributed by atoms with Crippen LogP contribution in [0.15, 0.2) is 18.2 Å². The van der Waals surface area contributed by atoms with E-state index in [4.69, 9.17) is 5.11 Å². The molecule has 2 unspecified atom stereocenters. The topological polar surface area (TPSA) is 91.7 Å². The van der Waals surface area contributed by atoms with Crippen LogP contribution in [0.1, 0.15) is 39.3 Å². The summed E-state index contributed by atoms with van der Waals surface area (Å²) in [6.45, 7) is 1.34. The van der Waals surface area contributed by atoms with Crippen LogP contribution in [0, 0.1) is 0 Å². The summed E-state index contributed by atoms with van der Waals surface area (Å²) >= 11 is 3.12. The molecule has 2 N–H and O–H groups in total. The average Bonchev–Trinajstić information content (AvgIpc) is 2.35. The van der Waals surface area contributed by atoms with E-state index in [1.807, 2.05) is 0 Å². The third-order valence-electron chi connectivity index (χ3n) is 2.45. The molecule has 0 heterocycles. The Morgan fingerprint density at radius 2 is 1.89 bits per heavy atom. The van der Waals surface area contributed by atoms with Gasteiger partial charge in [-0.3, -0.25) is 9.59 Å². The fourth-order valence-corrected chi connectivity index (χ4v) is 1.95. The normalized spacial score (nSPS) is 13.7. The number of aliphatic hydroxyl groups excluding tert-OH is 1. The third kappa shape index (κ3) is 2.83. The first-order valence-electron chi connectivity index (χ1n) is 5.03. The quantitative estimate of drug-likeness (QED) is 0.637. The van der Waals surface area contributed by atoms with Crippen LogP contribution in [-0.2, 0) is 9.59 Å². The van der Waals surface area contributed by atoms with Gasteiger partial charge < -0.3 is 10.2 Å². The Hall–Kier alpha value is -1.53. The van der Waals surface area contributed by atoms with Crippen molar-refractivity contribution in [2.45, 2.75) is 17.9 Å². The fraction of sp³-hybridized carbons (Fsp3) is 0.250. The van der Waals surface area contributed by atoms with Gasteiger partial charge in [0.25, 0.3) is 0 Å². The van der Waals surface area contributed by atoms with E-state index in [1.54, 1.807) is 0 Å². The van der Waals surface area contributed by atoms with Gasteiger partial charge in [0.15, 0.2) is 12.4 Å². The zero-order valence-corrected chi connectivity index (χ0v) is 11.0. The lowest BCUT2D eigenvalue weighted by Gasteiger charge is -2.14. The minimum atomic E-state index is -1.79. The number of carboxylic acid groups (broad SMARTS) is 1. The Labute approximate surface area is 112 Å². The number of aliphatic hydroxyl groups is 1. The van der Waals surface area contributed by atoms with Gasteiger partial charge in [0.1, 0.15) is 5.78 Å². The second-order valence-corrected chi connectivity index (χ2v) is 4.60. The van der Waals surface area contributed by atoms with E-state index in [2.05, 4.69) is 15.9 Å². The molecule has 0 aliphatic carbocycles. The Balaban J connectivity index is 3.39. The van der Waals surface area contributed by atoms with E-state index in [0.29, 0.717) is 11.8 Å². The molecule has 0 aliphatic rings. The maximum Gasteiger partial charge on any atom is 0.337 e. The zero-order valence-electron chi connectivity index (χ0n) is 9.46. The van der Waals surface area contributed by atoms with Gasteiger partial charge in [-0.15, -0.1) is 0 Å². The van der Waals surface area contributed by atoms with Crippen LogP contribution in [0.4, 0.5) is 0 Å². The number of hydrogen-bond donors (Lipinski definition) is 2. The van der Waals surface area contributed by atoms with Gasteiger partial charge in [0.2, 0.25) is 0 Å². The molecule has 0 bridgehead atoms. The molecule has 0 amide bonds. The summed E-state index contributed by atoms with van der Waals surface area (Å²) in [5.74, 6) is -1.68. The number of halogens is 1. The van der Waals surface area contributed by atoms with E-state index in [9.17, 15) is 19.5 Å². The molecule has 1 rings (SSSR count). The number of carbonyl (C=O) groups excluding carboxylic acids is 2. The van der Waals surface area contributed by atoms with Crippen LogP contribution in [0.25, 0.3) is 0 Å². The zero-order chi connectivity index (χ0) is 13.9. The van der Waals surface area contributed by atoms with E-state index in [0.717, 1.165) is 0 Å². The maximum atomic E-state index is 11.3. The number of carboxylic acids is 1. The molecular weight excluding hydrogens is 304 g/mol. The van der Waals surface area contributed by atoms with Crippen LogP contribution in [-0.4, -0.2) is 28.3 Å². The number of benzene rings is 1. The Kier molecular flexibility index (Phi) is 4.75. The van der Waals surface area contributed by atoms with Crippen molar-refractivity contribution in [3.05, 3.63) is 34.9 Å². The van der Waals surface area contributed by atoms with Crippen molar-refractivity contribution >= 4 is 34.0 Å². The minimum absolute atomic E-state index is 0.0180. The standard InChI is InChI=1S/C12H11BrO5/c1-6(15)10(13)7-3-2-4-8(9(7)5-14)11(16)12(17)18/h2-5,10-11,16H,1H3,(H,17,18). The molecule has 1 aromatic carbocycles. The molecule has 96 valence electrons. The lowest BCUT2D eigenvalue weighted by molar-refractivity contribution is -0.146. The van der Waals surface area contributed by atoms with Crippen molar-refractivity contribution in [3.63, 3.8) is 0 Å². The monoisotopic (exact) mass is 314 g/mol. The van der Waals surface area contributed by atoms with Gasteiger partial charge in [0.05, 0.1) is 4.83 Å². The molecule has 2 atom stereocenters. The molecule has 0 spiro atoms. The summed E-state index contributed by atoms with van der Waals surface area (Å²) < 4.78 is 0. The van der Waals surface area contributed by atoms with Gasteiger partial charge in [-0.25, -0.2) is 4.79 Å². The molecule has 6 heteroatoms. The Bertz CT molecular complexity index is 459. The lowest BCUT2D eigenvalue weighted by atomic mass is 9.95. The van der Waals surface area contributed by atoms with Crippen LogP contribution >= 0.6 is 15.9 Å². The van der Waals surface area contributed by atoms with Crippen LogP contribution in [0.3, 0.4) is 0 Å². The van der Waals surface area contributed by atoms with Crippen molar-refractivity contribution < 1.29 is 24.6 Å². The number of hydrogen-bond acceptors (Lipinski definition) is 4. The molecular formula is C12H11BrO5. The molecule has 5 nitrogen and oxygen atoms in total. The Morgan fingerprint density at radius 1 is 1.33 bits per heavy atom. The number of aldehydes is 1. The van der Waals surface area contributed by atoms with E-state index in [1.165, 1.54) is 25.1 Å². The summed E-state index contributed by atoms with van der Waals surface area (Å²) in [6.07, 6.45) is -1.36. The minimum Gasteiger partial charge on any atom is -0.479 e. The van der Waals surface area contributed by atoms with Crippen LogP contribution < -0.4 is 0 Å². The summed E-state index contributed by atoms with van der Waals surface area (Å²) in [7, 11) is 0. The van der Waals surface area contributed by atoms with Gasteiger partial charge in [-0.05, 0) is 12.5 Å². The predicted molar refractivity (Wildman–Crippen MR) is 66.8 cm³/mol. The van der Waals surface area contributed by atoms with Crippen molar-refractivity contribution in [3.8, 4) is 0 Å². The largest absolute Gasteiger partial charge is 0.479 e. The van der Waals surface area contributed by atoms with Crippen LogP contribution in [0.2, 0.25) is 0 Å². The van der Waals surface area contributed by atoms with Crippen molar-refractivity contribution in [2.24, 2.45) is 0 Å². The highest BCUT2D eigenvalue weighted by Crippen LogP contribution is 2.30. The molecule has 0 saturated heterocycles. The number of rotatable bonds is 5. The molecule has 0 aliphatic heterocycles. The molecule has 0 aromatic heterocycles. The second kappa shape index (κ2) is 5.88. The van der Waals surface area contributed by atoms with Gasteiger partial charge >= 0.3 is 5.97 Å². The molecule has 1 aromatic rings. The number of carbonyl (C=O) groups is 3. The van der Waals surface area contributed by atoms with E-state index < -0.39 is 16.9 Å². The number of ketones is 1. The van der Waals surface area contributed by atoms with Crippen LogP contribution in [0.5, 0.6) is 0 Å². The summed E-state index contributed by atoms with van der Waals surface area (Å²) in [4.78, 5) is 32.4. The molecule has 0 fully saturated rings. The van der Waals surface area contributed by atoms with Crippen molar-refractivity contribution in [1.82, 2.24) is 0 Å². The lowest BCUT2D eigenvalue weighted by Crippen LogP contribution is -2.15. The summed E-state index contributed by atoms with van der Waals surface area (Å²) in [5, 5.41) is 18.2. The Morgan fingerprint density at radius 3 is 2.33 bits per heavy atom. The highest BCUT2D eigenvalue weighted by Gasteiger charge is 2.24. The van der Waals surface area contributed by atoms with Gasteiger partial charge in [0, 0.05) is 11.1 Å². The van der Waals surface area contributed by atoms with Crippen molar-refractivity contribution in [1.29, 1.82) is 0 Å². The fourth-order valence-electron chi connectivity index (χ4n) is 1.55. The highest BCUT2D eigenvalue weighted by atomic mass is 79.9. The number of Topliss-reactive ketones (excluding diaryl/α,β-unsaturated/α-hetero) is 1. The molecule has 0 saturated carbocycles. The first-order chi connectivity index (χ1) is 8.40. The van der Waals surface area contributed by atoms with Gasteiger partial charge in [-0.1, -0.05) is 34.1 Å². The van der Waals surface area contributed by atoms with E-state index >= 15 is 0 Å². The van der Waals surface area contributed by atoms with Gasteiger partial charge in [-0.2, -0.15) is 0 Å². The highest BCUT2D eigenvalue weighted by molar-refractivity contribution is 9.09. The first-order valence-corrected chi connectivity index (χ1v) is 5.95. The van der Waals surface area contributed by atoms with E-state index in [-0.39, 0.29) is 16.9 Å². The average molecular weight is 315 g/mol. The SMILES string of the molecule is CC(=O)C(Br)c1cccc(C(O)C(=O)O)c1C=O. The number of alkyl halides is 1. The smallest absolute Gasteiger partial charge is 0.337 e. The summed E-state index contributed by atoms with van der Waals surface area (Å²) in [5.41, 5.74) is 0.334.